The van der Waals surface area contributed by atoms with Gasteiger partial charge in [0.05, 0.1) is 12.2 Å². The van der Waals surface area contributed by atoms with Gasteiger partial charge in [0.1, 0.15) is 29.3 Å². The highest BCUT2D eigenvalue weighted by Gasteiger charge is 2.40. The van der Waals surface area contributed by atoms with Crippen LogP contribution in [0.25, 0.3) is 0 Å². The number of benzene rings is 1. The van der Waals surface area contributed by atoms with Crippen LogP contribution in [-0.2, 0) is 30.1 Å². The number of esters is 1. The van der Waals surface area contributed by atoms with E-state index in [1.54, 1.807) is 12.1 Å². The molecule has 0 bridgehead atoms. The Morgan fingerprint density at radius 1 is 1.09 bits per heavy atom. The molecule has 2 aliphatic heterocycles. The first-order chi connectivity index (χ1) is 16.2. The van der Waals surface area contributed by atoms with Gasteiger partial charge in [-0.05, 0) is 51.7 Å². The molecule has 0 amide bonds. The third-order valence-corrected chi connectivity index (χ3v) is 5.60. The molecular formula is C25H36O9. The largest absolute Gasteiger partial charge is 0.467 e. The van der Waals surface area contributed by atoms with Crippen molar-refractivity contribution in [1.29, 1.82) is 0 Å². The molecule has 3 rings (SSSR count). The molecule has 9 heteroatoms. The van der Waals surface area contributed by atoms with Gasteiger partial charge >= 0.3 is 5.97 Å². The van der Waals surface area contributed by atoms with E-state index in [0.717, 1.165) is 0 Å². The fourth-order valence-corrected chi connectivity index (χ4v) is 4.14. The van der Waals surface area contributed by atoms with Crippen LogP contribution in [0.15, 0.2) is 24.3 Å². The third kappa shape index (κ3) is 7.16. The van der Waals surface area contributed by atoms with Gasteiger partial charge in [0, 0.05) is 26.7 Å². The molecular weight excluding hydrogens is 444 g/mol. The van der Waals surface area contributed by atoms with E-state index in [4.69, 9.17) is 33.2 Å². The van der Waals surface area contributed by atoms with Crippen molar-refractivity contribution in [2.45, 2.75) is 76.7 Å². The maximum atomic E-state index is 13.2. The Balaban J connectivity index is 1.95. The minimum atomic E-state index is -0.739. The number of ether oxygens (including phenoxy) is 7. The van der Waals surface area contributed by atoms with Crippen LogP contribution in [-0.4, -0.2) is 69.1 Å². The molecule has 1 aromatic rings. The quantitative estimate of drug-likeness (QED) is 0.373. The second kappa shape index (κ2) is 12.0. The molecule has 0 aromatic heterocycles. The summed E-state index contributed by atoms with van der Waals surface area (Å²) in [5.74, 6) is -0.543. The third-order valence-electron chi connectivity index (χ3n) is 5.60. The Morgan fingerprint density at radius 2 is 1.82 bits per heavy atom. The van der Waals surface area contributed by atoms with Crippen molar-refractivity contribution in [1.82, 2.24) is 0 Å². The maximum absolute atomic E-state index is 13.2. The van der Waals surface area contributed by atoms with Gasteiger partial charge in [0.2, 0.25) is 0 Å². The summed E-state index contributed by atoms with van der Waals surface area (Å²) in [5, 5.41) is 10.9. The van der Waals surface area contributed by atoms with Gasteiger partial charge in [0.15, 0.2) is 19.4 Å². The molecule has 0 spiro atoms. The molecule has 1 N–H and O–H groups in total. The Kier molecular flexibility index (Phi) is 9.32. The minimum Gasteiger partial charge on any atom is -0.467 e. The number of carbonyl (C=O) groups is 1. The number of rotatable bonds is 6. The standard InChI is InChI=1S/C25H36O9/c1-16-7-6-8-20-21(34-25(2,3)33-20)10-9-18(26)11-17-12-19(30-14-28-4)13-22(31-15-29-5)23(17)24(27)32-16/h6,8,12-13,16,18,20-21,26H,7,9-11,14-15H2,1-5H3/t16-,18?,20+,21-/m0/s1. The maximum Gasteiger partial charge on any atom is 0.342 e. The molecule has 0 radical (unpaired) electrons. The van der Waals surface area contributed by atoms with Crippen LogP contribution >= 0.6 is 0 Å². The number of aliphatic hydroxyl groups excluding tert-OH is 1. The van der Waals surface area contributed by atoms with E-state index < -0.39 is 24.0 Å². The van der Waals surface area contributed by atoms with E-state index in [-0.39, 0.29) is 43.5 Å². The zero-order chi connectivity index (χ0) is 24.7. The summed E-state index contributed by atoms with van der Waals surface area (Å²) < 4.78 is 39.1. The van der Waals surface area contributed by atoms with Crippen molar-refractivity contribution in [2.24, 2.45) is 0 Å². The molecule has 2 aliphatic rings. The first-order valence-electron chi connectivity index (χ1n) is 11.5. The fourth-order valence-electron chi connectivity index (χ4n) is 4.14. The van der Waals surface area contributed by atoms with Crippen molar-refractivity contribution in [3.8, 4) is 11.5 Å². The lowest BCUT2D eigenvalue weighted by molar-refractivity contribution is -0.144. The topological polar surface area (TPSA) is 102 Å². The molecule has 1 saturated heterocycles. The number of hydrogen-bond acceptors (Lipinski definition) is 9. The summed E-state index contributed by atoms with van der Waals surface area (Å²) in [4.78, 5) is 13.2. The van der Waals surface area contributed by atoms with E-state index in [1.807, 2.05) is 32.9 Å². The van der Waals surface area contributed by atoms with Crippen molar-refractivity contribution in [3.63, 3.8) is 0 Å². The first kappa shape index (κ1) is 26.4. The van der Waals surface area contributed by atoms with Crippen LogP contribution < -0.4 is 9.47 Å². The zero-order valence-electron chi connectivity index (χ0n) is 20.6. The predicted octanol–water partition coefficient (Wildman–Crippen LogP) is 3.36. The smallest absolute Gasteiger partial charge is 0.342 e. The van der Waals surface area contributed by atoms with E-state index in [1.165, 1.54) is 14.2 Å². The second-order valence-electron chi connectivity index (χ2n) is 9.01. The second-order valence-corrected chi connectivity index (χ2v) is 9.01. The average molecular weight is 481 g/mol. The molecule has 1 unspecified atom stereocenters. The van der Waals surface area contributed by atoms with Crippen molar-refractivity contribution >= 4 is 5.97 Å². The lowest BCUT2D eigenvalue weighted by Crippen LogP contribution is -2.25. The molecule has 0 aliphatic carbocycles. The van der Waals surface area contributed by atoms with Gasteiger partial charge in [-0.1, -0.05) is 12.2 Å². The summed E-state index contributed by atoms with van der Waals surface area (Å²) in [5.41, 5.74) is 0.797. The van der Waals surface area contributed by atoms with Crippen molar-refractivity contribution < 1.29 is 43.1 Å². The molecule has 34 heavy (non-hydrogen) atoms. The van der Waals surface area contributed by atoms with Gasteiger partial charge in [-0.3, -0.25) is 0 Å². The summed E-state index contributed by atoms with van der Waals surface area (Å²) in [6, 6.07) is 3.30. The van der Waals surface area contributed by atoms with Crippen molar-refractivity contribution in [3.05, 3.63) is 35.4 Å². The Labute approximate surface area is 200 Å². The number of cyclic esters (lactones) is 1. The monoisotopic (exact) mass is 480 g/mol. The van der Waals surface area contributed by atoms with E-state index in [0.29, 0.717) is 30.6 Å². The van der Waals surface area contributed by atoms with Gasteiger partial charge in [-0.25, -0.2) is 4.79 Å². The molecule has 4 atom stereocenters. The van der Waals surface area contributed by atoms with Gasteiger partial charge in [-0.15, -0.1) is 0 Å². The van der Waals surface area contributed by atoms with Crippen LogP contribution in [0.4, 0.5) is 0 Å². The van der Waals surface area contributed by atoms with Gasteiger partial charge in [-0.2, -0.15) is 0 Å². The summed E-state index contributed by atoms with van der Waals surface area (Å²) >= 11 is 0. The van der Waals surface area contributed by atoms with Gasteiger partial charge < -0.3 is 38.3 Å². The molecule has 1 fully saturated rings. The number of methoxy groups -OCH3 is 2. The van der Waals surface area contributed by atoms with Crippen LogP contribution in [0.1, 0.15) is 56.0 Å². The Morgan fingerprint density at radius 3 is 2.56 bits per heavy atom. The number of carbonyl (C=O) groups excluding carboxylic acids is 1. The Bertz CT molecular complexity index is 851. The van der Waals surface area contributed by atoms with Crippen LogP contribution in [0.5, 0.6) is 11.5 Å². The fraction of sp³-hybridized carbons (Fsp3) is 0.640. The summed E-state index contributed by atoms with van der Waals surface area (Å²) in [7, 11) is 3.01. The number of fused-ring (bicyclic) bond motifs is 2. The van der Waals surface area contributed by atoms with Crippen LogP contribution in [0, 0.1) is 0 Å². The van der Waals surface area contributed by atoms with Crippen LogP contribution in [0.3, 0.4) is 0 Å². The highest BCUT2D eigenvalue weighted by atomic mass is 16.7. The highest BCUT2D eigenvalue weighted by Crippen LogP contribution is 2.34. The summed E-state index contributed by atoms with van der Waals surface area (Å²) in [6.07, 6.45) is 4.11. The average Bonchev–Trinajstić information content (AvgIpc) is 3.07. The van der Waals surface area contributed by atoms with E-state index in [2.05, 4.69) is 0 Å². The normalized spacial score (nSPS) is 27.3. The summed E-state index contributed by atoms with van der Waals surface area (Å²) in [6.45, 7) is 5.53. The van der Waals surface area contributed by atoms with E-state index in [9.17, 15) is 9.90 Å². The minimum absolute atomic E-state index is 0.0229. The van der Waals surface area contributed by atoms with E-state index >= 15 is 0 Å². The Hall–Kier alpha value is -2.17. The molecule has 9 nitrogen and oxygen atoms in total. The lowest BCUT2D eigenvalue weighted by atomic mass is 9.96. The molecule has 0 saturated carbocycles. The lowest BCUT2D eigenvalue weighted by Gasteiger charge is -2.22. The molecule has 190 valence electrons. The molecule has 1 aromatic carbocycles. The first-order valence-corrected chi connectivity index (χ1v) is 11.5. The highest BCUT2D eigenvalue weighted by molar-refractivity contribution is 5.94. The van der Waals surface area contributed by atoms with Crippen molar-refractivity contribution in [2.75, 3.05) is 27.8 Å². The number of hydrogen-bond donors (Lipinski definition) is 1. The molecule has 2 heterocycles. The SMILES string of the molecule is COCOc1cc2c(c(OCOC)c1)C(=O)O[C@@H](C)CC=C[C@H]1OC(C)(C)O[C@H]1CCC(O)C2. The predicted molar refractivity (Wildman–Crippen MR) is 123 cm³/mol. The van der Waals surface area contributed by atoms with Crippen LogP contribution in [0.2, 0.25) is 0 Å². The number of aliphatic hydroxyl groups is 1. The van der Waals surface area contributed by atoms with Gasteiger partial charge in [0.25, 0.3) is 0 Å². The zero-order valence-corrected chi connectivity index (χ0v) is 20.6.